The Morgan fingerprint density at radius 3 is 2.42 bits per heavy atom. The van der Waals surface area contributed by atoms with Crippen LogP contribution >= 0.6 is 0 Å². The van der Waals surface area contributed by atoms with E-state index in [1.54, 1.807) is 7.11 Å². The number of nitrogens with one attached hydrogen (secondary N) is 1. The zero-order valence-electron chi connectivity index (χ0n) is 14.5. The molecule has 128 valence electrons. The first-order chi connectivity index (χ1) is 11.7. The lowest BCUT2D eigenvalue weighted by molar-refractivity contribution is -0.148. The van der Waals surface area contributed by atoms with Crippen LogP contribution in [0.25, 0.3) is 0 Å². The molecule has 4 nitrogen and oxygen atoms in total. The molecule has 1 atom stereocenters. The predicted octanol–water partition coefficient (Wildman–Crippen LogP) is 3.15. The Morgan fingerprint density at radius 1 is 1.08 bits per heavy atom. The molecule has 0 aliphatic rings. The lowest BCUT2D eigenvalue weighted by atomic mass is 9.72. The normalized spacial score (nSPS) is 13.1. The van der Waals surface area contributed by atoms with Crippen molar-refractivity contribution >= 4 is 5.97 Å². The van der Waals surface area contributed by atoms with Crippen molar-refractivity contribution in [2.24, 2.45) is 0 Å². The van der Waals surface area contributed by atoms with Crippen LogP contribution in [-0.2, 0) is 14.9 Å². The molecule has 0 aromatic heterocycles. The summed E-state index contributed by atoms with van der Waals surface area (Å²) in [6.07, 6.45) is 0.597. The first-order valence-corrected chi connectivity index (χ1v) is 8.21. The van der Waals surface area contributed by atoms with E-state index in [0.29, 0.717) is 19.6 Å². The fourth-order valence-corrected chi connectivity index (χ4v) is 2.97. The molecular weight excluding hydrogens is 302 g/mol. The molecule has 0 amide bonds. The molecule has 1 unspecified atom stereocenters. The molecule has 0 saturated carbocycles. The largest absolute Gasteiger partial charge is 0.497 e. The molecule has 0 aliphatic carbocycles. The van der Waals surface area contributed by atoms with E-state index in [4.69, 9.17) is 9.47 Å². The minimum absolute atomic E-state index is 0.236. The summed E-state index contributed by atoms with van der Waals surface area (Å²) in [4.78, 5) is 13.1. The monoisotopic (exact) mass is 327 g/mol. The van der Waals surface area contributed by atoms with Crippen LogP contribution in [0, 0.1) is 0 Å². The predicted molar refractivity (Wildman–Crippen MR) is 95.4 cm³/mol. The number of carbonyl (C=O) groups is 1. The average Bonchev–Trinajstić information content (AvgIpc) is 2.64. The van der Waals surface area contributed by atoms with Crippen LogP contribution in [-0.4, -0.2) is 33.3 Å². The van der Waals surface area contributed by atoms with Crippen LogP contribution in [0.2, 0.25) is 0 Å². The van der Waals surface area contributed by atoms with Crippen LogP contribution in [0.15, 0.2) is 54.6 Å². The van der Waals surface area contributed by atoms with E-state index in [-0.39, 0.29) is 5.97 Å². The van der Waals surface area contributed by atoms with Gasteiger partial charge >= 0.3 is 5.97 Å². The maximum Gasteiger partial charge on any atom is 0.321 e. The molecule has 0 aliphatic heterocycles. The molecule has 0 spiro atoms. The number of ether oxygens (including phenoxy) is 2. The zero-order valence-corrected chi connectivity index (χ0v) is 14.5. The van der Waals surface area contributed by atoms with Crippen molar-refractivity contribution in [1.82, 2.24) is 5.32 Å². The van der Waals surface area contributed by atoms with Gasteiger partial charge in [0.1, 0.15) is 11.2 Å². The summed E-state index contributed by atoms with van der Waals surface area (Å²) in [6.45, 7) is 2.86. The number of benzene rings is 2. The second-order valence-electron chi connectivity index (χ2n) is 5.58. The van der Waals surface area contributed by atoms with Gasteiger partial charge in [0.2, 0.25) is 0 Å². The second-order valence-corrected chi connectivity index (χ2v) is 5.58. The number of esters is 1. The van der Waals surface area contributed by atoms with Crippen LogP contribution in [0.4, 0.5) is 0 Å². The molecule has 2 aromatic rings. The molecule has 0 saturated heterocycles. The van der Waals surface area contributed by atoms with Crippen molar-refractivity contribution in [2.45, 2.75) is 18.8 Å². The third-order valence-corrected chi connectivity index (χ3v) is 4.20. The van der Waals surface area contributed by atoms with Gasteiger partial charge in [-0.25, -0.2) is 0 Å². The Morgan fingerprint density at radius 2 is 1.79 bits per heavy atom. The summed E-state index contributed by atoms with van der Waals surface area (Å²) in [5.74, 6) is 0.487. The van der Waals surface area contributed by atoms with Gasteiger partial charge in [-0.1, -0.05) is 42.5 Å². The highest BCUT2D eigenvalue weighted by Crippen LogP contribution is 2.38. The van der Waals surface area contributed by atoms with Crippen molar-refractivity contribution < 1.29 is 14.3 Å². The van der Waals surface area contributed by atoms with Gasteiger partial charge < -0.3 is 14.8 Å². The van der Waals surface area contributed by atoms with Gasteiger partial charge in [-0.15, -0.1) is 0 Å². The molecule has 2 aromatic carbocycles. The summed E-state index contributed by atoms with van der Waals surface area (Å²) >= 11 is 0. The molecular formula is C20H25NO3. The topological polar surface area (TPSA) is 47.6 Å². The summed E-state index contributed by atoms with van der Waals surface area (Å²) in [5.41, 5.74) is 0.933. The molecule has 0 radical (unpaired) electrons. The number of hydrogen-bond acceptors (Lipinski definition) is 4. The summed E-state index contributed by atoms with van der Waals surface area (Å²) in [5, 5.41) is 3.15. The van der Waals surface area contributed by atoms with Crippen molar-refractivity contribution in [3.05, 3.63) is 65.7 Å². The third kappa shape index (κ3) is 3.60. The van der Waals surface area contributed by atoms with Crippen molar-refractivity contribution in [2.75, 3.05) is 27.3 Å². The average molecular weight is 327 g/mol. The Kier molecular flexibility index (Phi) is 6.38. The maximum atomic E-state index is 13.1. The van der Waals surface area contributed by atoms with E-state index in [1.807, 2.05) is 68.6 Å². The Hall–Kier alpha value is -2.33. The van der Waals surface area contributed by atoms with Gasteiger partial charge in [-0.3, -0.25) is 4.79 Å². The second kappa shape index (κ2) is 8.50. The van der Waals surface area contributed by atoms with Gasteiger partial charge in [0, 0.05) is 0 Å². The Balaban J connectivity index is 2.66. The first kappa shape index (κ1) is 18.0. The van der Waals surface area contributed by atoms with Gasteiger partial charge in [-0.05, 0) is 50.2 Å². The van der Waals surface area contributed by atoms with Gasteiger partial charge in [0.05, 0.1) is 13.7 Å². The number of hydrogen-bond donors (Lipinski definition) is 1. The maximum absolute atomic E-state index is 13.1. The van der Waals surface area contributed by atoms with Gasteiger partial charge in [0.15, 0.2) is 0 Å². The number of rotatable bonds is 8. The van der Waals surface area contributed by atoms with Crippen molar-refractivity contribution in [3.63, 3.8) is 0 Å². The molecule has 1 N–H and O–H groups in total. The van der Waals surface area contributed by atoms with E-state index in [0.717, 1.165) is 16.9 Å². The third-order valence-electron chi connectivity index (χ3n) is 4.20. The fraction of sp³-hybridized carbons (Fsp3) is 0.350. The van der Waals surface area contributed by atoms with Crippen LogP contribution in [0.3, 0.4) is 0 Å². The Labute approximate surface area is 143 Å². The van der Waals surface area contributed by atoms with E-state index >= 15 is 0 Å². The molecule has 0 bridgehead atoms. The van der Waals surface area contributed by atoms with Crippen LogP contribution in [0.1, 0.15) is 24.5 Å². The lowest BCUT2D eigenvalue weighted by Gasteiger charge is -2.33. The minimum atomic E-state index is -0.866. The first-order valence-electron chi connectivity index (χ1n) is 8.21. The highest BCUT2D eigenvalue weighted by molar-refractivity contribution is 5.88. The molecule has 0 fully saturated rings. The van der Waals surface area contributed by atoms with E-state index in [9.17, 15) is 4.79 Å². The molecule has 2 rings (SSSR count). The van der Waals surface area contributed by atoms with E-state index in [2.05, 4.69) is 5.32 Å². The fourth-order valence-electron chi connectivity index (χ4n) is 2.97. The summed E-state index contributed by atoms with van der Waals surface area (Å²) in [6, 6.07) is 17.5. The quantitative estimate of drug-likeness (QED) is 0.757. The van der Waals surface area contributed by atoms with Crippen molar-refractivity contribution in [3.8, 4) is 5.75 Å². The zero-order chi connectivity index (χ0) is 17.4. The molecule has 24 heavy (non-hydrogen) atoms. The summed E-state index contributed by atoms with van der Waals surface area (Å²) < 4.78 is 10.8. The lowest BCUT2D eigenvalue weighted by Crippen LogP contribution is -2.41. The smallest absolute Gasteiger partial charge is 0.321 e. The minimum Gasteiger partial charge on any atom is -0.497 e. The standard InChI is InChI=1S/C20H25NO3/c1-4-24-19(22)20(13-14-21-2,16-9-6-5-7-10-16)17-11-8-12-18(15-17)23-3/h5-12,15,21H,4,13-14H2,1-3H3. The van der Waals surface area contributed by atoms with Crippen molar-refractivity contribution in [1.29, 1.82) is 0 Å². The number of carbonyl (C=O) groups excluding carboxylic acids is 1. The van der Waals surface area contributed by atoms with E-state index < -0.39 is 5.41 Å². The van der Waals surface area contributed by atoms with Crippen LogP contribution < -0.4 is 10.1 Å². The highest BCUT2D eigenvalue weighted by Gasteiger charge is 2.43. The molecule has 0 heterocycles. The Bertz CT molecular complexity index is 657. The molecule has 4 heteroatoms. The highest BCUT2D eigenvalue weighted by atomic mass is 16.5. The van der Waals surface area contributed by atoms with E-state index in [1.165, 1.54) is 0 Å². The summed E-state index contributed by atoms with van der Waals surface area (Å²) in [7, 11) is 3.51. The van der Waals surface area contributed by atoms with Crippen LogP contribution in [0.5, 0.6) is 5.75 Å². The number of methoxy groups -OCH3 is 1. The van der Waals surface area contributed by atoms with Gasteiger partial charge in [-0.2, -0.15) is 0 Å². The SMILES string of the molecule is CCOC(=O)C(CCNC)(c1ccccc1)c1cccc(OC)c1. The van der Waals surface area contributed by atoms with Gasteiger partial charge in [0.25, 0.3) is 0 Å².